The van der Waals surface area contributed by atoms with Crippen molar-refractivity contribution >= 4 is 11.4 Å². The van der Waals surface area contributed by atoms with Crippen LogP contribution in [-0.2, 0) is 0 Å². The van der Waals surface area contributed by atoms with E-state index in [4.69, 9.17) is 0 Å². The summed E-state index contributed by atoms with van der Waals surface area (Å²) in [5, 5.41) is 22.9. The van der Waals surface area contributed by atoms with Gasteiger partial charge in [-0.1, -0.05) is 0 Å². The van der Waals surface area contributed by atoms with E-state index in [1.807, 2.05) is 0 Å². The normalized spacial score (nSPS) is 23.1. The largest absolute Gasteiger partial charge is 0.393 e. The number of hydrogen-bond acceptors (Lipinski definition) is 4. The summed E-state index contributed by atoms with van der Waals surface area (Å²) in [6.07, 6.45) is 1.83. The van der Waals surface area contributed by atoms with Gasteiger partial charge in [-0.05, 0) is 31.7 Å². The fourth-order valence-corrected chi connectivity index (χ4v) is 2.25. The Bertz CT molecular complexity index is 488. The van der Waals surface area contributed by atoms with Gasteiger partial charge in [0.15, 0.2) is 17.3 Å². The molecule has 104 valence electrons. The van der Waals surface area contributed by atoms with Crippen molar-refractivity contribution in [1.82, 2.24) is 0 Å². The highest BCUT2D eigenvalue weighted by Crippen LogP contribution is 2.32. The minimum atomic E-state index is -1.24. The van der Waals surface area contributed by atoms with Crippen LogP contribution >= 0.6 is 0 Å². The molecule has 0 heterocycles. The molecule has 2 N–H and O–H groups in total. The summed E-state index contributed by atoms with van der Waals surface area (Å²) in [5.41, 5.74) is -0.892. The molecule has 0 unspecified atom stereocenters. The van der Waals surface area contributed by atoms with Crippen LogP contribution in [-0.4, -0.2) is 22.2 Å². The molecule has 5 nitrogen and oxygen atoms in total. The summed E-state index contributed by atoms with van der Waals surface area (Å²) in [6.45, 7) is 0. The lowest BCUT2D eigenvalue weighted by atomic mass is 9.93. The molecule has 0 saturated heterocycles. The third kappa shape index (κ3) is 2.98. The Balaban J connectivity index is 2.23. The predicted molar refractivity (Wildman–Crippen MR) is 64.9 cm³/mol. The Kier molecular flexibility index (Phi) is 3.94. The van der Waals surface area contributed by atoms with E-state index < -0.39 is 27.9 Å². The van der Waals surface area contributed by atoms with Crippen molar-refractivity contribution in [3.63, 3.8) is 0 Å². The molecule has 1 aromatic rings. The molecule has 7 heteroatoms. The van der Waals surface area contributed by atoms with E-state index in [1.54, 1.807) is 0 Å². The maximum absolute atomic E-state index is 13.7. The van der Waals surface area contributed by atoms with Crippen molar-refractivity contribution in [2.75, 3.05) is 5.32 Å². The number of benzene rings is 1. The van der Waals surface area contributed by atoms with Crippen molar-refractivity contribution in [1.29, 1.82) is 0 Å². The lowest BCUT2D eigenvalue weighted by Gasteiger charge is -2.27. The molecule has 0 aliphatic heterocycles. The Morgan fingerprint density at radius 2 is 1.89 bits per heavy atom. The third-order valence-corrected chi connectivity index (χ3v) is 3.31. The summed E-state index contributed by atoms with van der Waals surface area (Å²) in [4.78, 5) is 10.1. The number of anilines is 1. The molecule has 0 spiro atoms. The van der Waals surface area contributed by atoms with Gasteiger partial charge in [-0.3, -0.25) is 10.1 Å². The van der Waals surface area contributed by atoms with E-state index in [9.17, 15) is 24.0 Å². The summed E-state index contributed by atoms with van der Waals surface area (Å²) in [6, 6.07) is 1.49. The fourth-order valence-electron chi connectivity index (χ4n) is 2.25. The molecule has 0 atom stereocenters. The summed E-state index contributed by atoms with van der Waals surface area (Å²) in [5.74, 6) is -2.36. The van der Waals surface area contributed by atoms with Crippen molar-refractivity contribution in [3.8, 4) is 0 Å². The van der Waals surface area contributed by atoms with Crippen molar-refractivity contribution < 1.29 is 18.8 Å². The first-order valence-corrected chi connectivity index (χ1v) is 6.06. The Labute approximate surface area is 108 Å². The van der Waals surface area contributed by atoms with Crippen LogP contribution in [0.3, 0.4) is 0 Å². The number of nitrogens with one attached hydrogen (secondary N) is 1. The van der Waals surface area contributed by atoms with E-state index >= 15 is 0 Å². The van der Waals surface area contributed by atoms with E-state index in [0.29, 0.717) is 25.7 Å². The van der Waals surface area contributed by atoms with Gasteiger partial charge in [0, 0.05) is 12.1 Å². The number of hydrogen-bond donors (Lipinski definition) is 2. The summed E-state index contributed by atoms with van der Waals surface area (Å²) in [7, 11) is 0. The van der Waals surface area contributed by atoms with Crippen LogP contribution in [0.1, 0.15) is 25.7 Å². The second-order valence-corrected chi connectivity index (χ2v) is 4.66. The van der Waals surface area contributed by atoms with Crippen LogP contribution in [0.4, 0.5) is 20.2 Å². The van der Waals surface area contributed by atoms with Gasteiger partial charge in [-0.25, -0.2) is 8.78 Å². The zero-order valence-electron chi connectivity index (χ0n) is 10.1. The zero-order chi connectivity index (χ0) is 14.0. The Morgan fingerprint density at radius 1 is 1.26 bits per heavy atom. The van der Waals surface area contributed by atoms with E-state index in [2.05, 4.69) is 5.32 Å². The smallest absolute Gasteiger partial charge is 0.295 e. The fraction of sp³-hybridized carbons (Fsp3) is 0.500. The van der Waals surface area contributed by atoms with E-state index in [1.165, 1.54) is 0 Å². The maximum atomic E-state index is 13.7. The first-order valence-electron chi connectivity index (χ1n) is 6.06. The molecule has 0 radical (unpaired) electrons. The topological polar surface area (TPSA) is 75.4 Å². The average molecular weight is 272 g/mol. The van der Waals surface area contributed by atoms with Crippen LogP contribution in [0, 0.1) is 21.7 Å². The van der Waals surface area contributed by atoms with Gasteiger partial charge < -0.3 is 10.4 Å². The molecule has 1 fully saturated rings. The summed E-state index contributed by atoms with van der Waals surface area (Å²) < 4.78 is 26.8. The molecule has 1 saturated carbocycles. The molecule has 0 amide bonds. The van der Waals surface area contributed by atoms with Gasteiger partial charge in [-0.15, -0.1) is 0 Å². The SMILES string of the molecule is O=[N+]([O-])c1ccc(F)c(F)c1NC1CCC(O)CC1. The number of nitrogens with zero attached hydrogens (tertiary/aromatic N) is 1. The van der Waals surface area contributed by atoms with Gasteiger partial charge >= 0.3 is 0 Å². The second-order valence-electron chi connectivity index (χ2n) is 4.66. The second kappa shape index (κ2) is 5.48. The molecule has 1 aliphatic carbocycles. The van der Waals surface area contributed by atoms with Gasteiger partial charge in [0.2, 0.25) is 0 Å². The third-order valence-electron chi connectivity index (χ3n) is 3.31. The molecule has 0 bridgehead atoms. The van der Waals surface area contributed by atoms with Gasteiger partial charge in [0.1, 0.15) is 0 Å². The van der Waals surface area contributed by atoms with Crippen LogP contribution in [0.5, 0.6) is 0 Å². The molecule has 0 aromatic heterocycles. The minimum Gasteiger partial charge on any atom is -0.393 e. The van der Waals surface area contributed by atoms with Gasteiger partial charge in [0.05, 0.1) is 11.0 Å². The number of aliphatic hydroxyl groups excluding tert-OH is 1. The Hall–Kier alpha value is -1.76. The summed E-state index contributed by atoms with van der Waals surface area (Å²) >= 11 is 0. The van der Waals surface area contributed by atoms with Crippen LogP contribution in [0.25, 0.3) is 0 Å². The van der Waals surface area contributed by atoms with Crippen LogP contribution < -0.4 is 5.32 Å². The Morgan fingerprint density at radius 3 is 2.47 bits per heavy atom. The molecule has 19 heavy (non-hydrogen) atoms. The van der Waals surface area contributed by atoms with E-state index in [0.717, 1.165) is 12.1 Å². The van der Waals surface area contributed by atoms with Crippen molar-refractivity contribution in [3.05, 3.63) is 33.9 Å². The predicted octanol–water partition coefficient (Wildman–Crippen LogP) is 2.59. The molecule has 2 rings (SSSR count). The number of aliphatic hydroxyl groups is 1. The molecule has 1 aliphatic rings. The number of rotatable bonds is 3. The quantitative estimate of drug-likeness (QED) is 0.655. The highest BCUT2D eigenvalue weighted by atomic mass is 19.2. The standard InChI is InChI=1S/C12H14F2N2O3/c13-9-5-6-10(16(18)19)12(11(9)14)15-7-1-3-8(17)4-2-7/h5-8,15,17H,1-4H2. The molecule has 1 aromatic carbocycles. The van der Waals surface area contributed by atoms with Crippen LogP contribution in [0.15, 0.2) is 12.1 Å². The van der Waals surface area contributed by atoms with E-state index in [-0.39, 0.29) is 12.1 Å². The highest BCUT2D eigenvalue weighted by Gasteiger charge is 2.26. The average Bonchev–Trinajstić information content (AvgIpc) is 2.37. The maximum Gasteiger partial charge on any atom is 0.295 e. The van der Waals surface area contributed by atoms with Gasteiger partial charge in [-0.2, -0.15) is 0 Å². The lowest BCUT2D eigenvalue weighted by Crippen LogP contribution is -2.29. The first-order chi connectivity index (χ1) is 8.99. The lowest BCUT2D eigenvalue weighted by molar-refractivity contribution is -0.384. The van der Waals surface area contributed by atoms with Crippen molar-refractivity contribution in [2.24, 2.45) is 0 Å². The molecular weight excluding hydrogens is 258 g/mol. The van der Waals surface area contributed by atoms with Crippen LogP contribution in [0.2, 0.25) is 0 Å². The van der Waals surface area contributed by atoms with Crippen molar-refractivity contribution in [2.45, 2.75) is 37.8 Å². The number of nitro benzene ring substituents is 1. The van der Waals surface area contributed by atoms with Gasteiger partial charge in [0.25, 0.3) is 5.69 Å². The highest BCUT2D eigenvalue weighted by molar-refractivity contribution is 5.63. The number of nitro groups is 1. The first kappa shape index (κ1) is 13.7. The zero-order valence-corrected chi connectivity index (χ0v) is 10.1. The molecular formula is C12H14F2N2O3. The number of halogens is 2. The minimum absolute atomic E-state index is 0.196. The monoisotopic (exact) mass is 272 g/mol.